The molecule has 0 aliphatic rings. The molecular formula is C25H43N3S. The Hall–Kier alpha value is -1.39. The van der Waals surface area contributed by atoms with Crippen LogP contribution >= 0.6 is 11.3 Å². The Bertz CT molecular complexity index is 670. The van der Waals surface area contributed by atoms with Crippen LogP contribution in [0.1, 0.15) is 85.6 Å². The highest BCUT2D eigenvalue weighted by atomic mass is 32.1. The second-order valence-electron chi connectivity index (χ2n) is 8.49. The summed E-state index contributed by atoms with van der Waals surface area (Å²) in [4.78, 5) is 7.17. The summed E-state index contributed by atoms with van der Waals surface area (Å²) >= 11 is 1.71. The van der Waals surface area contributed by atoms with E-state index in [-0.39, 0.29) is 5.54 Å². The highest BCUT2D eigenvalue weighted by Crippen LogP contribution is 2.28. The summed E-state index contributed by atoms with van der Waals surface area (Å²) in [7, 11) is 0. The van der Waals surface area contributed by atoms with Crippen molar-refractivity contribution in [1.29, 1.82) is 0 Å². The topological polar surface area (TPSA) is 28.2 Å². The predicted octanol–water partition coefficient (Wildman–Crippen LogP) is 7.05. The fourth-order valence-electron chi connectivity index (χ4n) is 4.06. The fraction of sp³-hybridized carbons (Fsp3) is 0.640. The molecule has 1 aromatic rings. The second kappa shape index (κ2) is 12.3. The van der Waals surface area contributed by atoms with Crippen LogP contribution in [0.4, 0.5) is 0 Å². The van der Waals surface area contributed by atoms with Gasteiger partial charge in [-0.1, -0.05) is 58.4 Å². The molecule has 0 saturated heterocycles. The van der Waals surface area contributed by atoms with Crippen molar-refractivity contribution in [3.63, 3.8) is 0 Å². The van der Waals surface area contributed by atoms with Gasteiger partial charge >= 0.3 is 0 Å². The van der Waals surface area contributed by atoms with Crippen molar-refractivity contribution in [3.8, 4) is 0 Å². The average Bonchev–Trinajstić information content (AvgIpc) is 3.18. The van der Waals surface area contributed by atoms with Gasteiger partial charge in [0.2, 0.25) is 0 Å². The monoisotopic (exact) mass is 417 g/mol. The van der Waals surface area contributed by atoms with Crippen LogP contribution in [0.15, 0.2) is 47.2 Å². The number of allylic oxidation sites excluding steroid dienone is 2. The van der Waals surface area contributed by atoms with E-state index in [0.29, 0.717) is 6.04 Å². The van der Waals surface area contributed by atoms with Crippen LogP contribution in [-0.4, -0.2) is 29.0 Å². The summed E-state index contributed by atoms with van der Waals surface area (Å²) < 4.78 is 0. The molecule has 0 saturated carbocycles. The van der Waals surface area contributed by atoms with E-state index in [9.17, 15) is 0 Å². The molecule has 0 bridgehead atoms. The zero-order chi connectivity index (χ0) is 22.0. The average molecular weight is 418 g/mol. The largest absolute Gasteiger partial charge is 0.376 e. The minimum atomic E-state index is -0.223. The van der Waals surface area contributed by atoms with Gasteiger partial charge in [-0.05, 0) is 58.6 Å². The van der Waals surface area contributed by atoms with E-state index in [1.54, 1.807) is 11.3 Å². The molecule has 0 fully saturated rings. The Labute approximate surface area is 184 Å². The lowest BCUT2D eigenvalue weighted by Gasteiger charge is -2.36. The third-order valence-electron chi connectivity index (χ3n) is 5.40. The summed E-state index contributed by atoms with van der Waals surface area (Å²) in [5, 5.41) is 7.05. The number of hydrogen-bond acceptors (Lipinski definition) is 4. The molecular weight excluding hydrogens is 374 g/mol. The SMILES string of the molecule is C=C(CCC)/C(CC)=C(\CN(CCC)C(CC)C(=C)C)NC(C)(C)c1nccs1. The van der Waals surface area contributed by atoms with Crippen molar-refractivity contribution in [3.05, 3.63) is 52.2 Å². The zero-order valence-corrected chi connectivity index (χ0v) is 20.7. The molecule has 164 valence electrons. The van der Waals surface area contributed by atoms with Gasteiger partial charge in [-0.2, -0.15) is 0 Å². The minimum Gasteiger partial charge on any atom is -0.376 e. The Kier molecular flexibility index (Phi) is 10.9. The third-order valence-corrected chi connectivity index (χ3v) is 6.49. The normalized spacial score (nSPS) is 13.9. The summed E-state index contributed by atoms with van der Waals surface area (Å²) in [6.45, 7) is 26.3. The summed E-state index contributed by atoms with van der Waals surface area (Å²) in [5.74, 6) is 0. The van der Waals surface area contributed by atoms with Gasteiger partial charge < -0.3 is 5.32 Å². The maximum atomic E-state index is 4.59. The van der Waals surface area contributed by atoms with E-state index in [2.05, 4.69) is 82.2 Å². The highest BCUT2D eigenvalue weighted by Gasteiger charge is 2.27. The van der Waals surface area contributed by atoms with E-state index in [0.717, 1.165) is 50.2 Å². The number of hydrogen-bond donors (Lipinski definition) is 1. The first-order valence-electron chi connectivity index (χ1n) is 11.2. The van der Waals surface area contributed by atoms with Crippen molar-refractivity contribution in [2.75, 3.05) is 13.1 Å². The Morgan fingerprint density at radius 3 is 2.34 bits per heavy atom. The van der Waals surface area contributed by atoms with Crippen molar-refractivity contribution in [1.82, 2.24) is 15.2 Å². The molecule has 1 atom stereocenters. The predicted molar refractivity (Wildman–Crippen MR) is 130 cm³/mol. The maximum Gasteiger partial charge on any atom is 0.117 e. The van der Waals surface area contributed by atoms with Gasteiger partial charge in [0.1, 0.15) is 5.01 Å². The number of nitrogens with zero attached hydrogens (tertiary/aromatic N) is 2. The molecule has 0 aliphatic heterocycles. The lowest BCUT2D eigenvalue weighted by atomic mass is 9.95. The molecule has 1 unspecified atom stereocenters. The van der Waals surface area contributed by atoms with Gasteiger partial charge in [-0.3, -0.25) is 4.90 Å². The smallest absolute Gasteiger partial charge is 0.117 e. The fourth-order valence-corrected chi connectivity index (χ4v) is 4.77. The van der Waals surface area contributed by atoms with Crippen LogP contribution < -0.4 is 5.32 Å². The van der Waals surface area contributed by atoms with Crippen LogP contribution in [0.5, 0.6) is 0 Å². The minimum absolute atomic E-state index is 0.223. The molecule has 4 heteroatoms. The molecule has 3 nitrogen and oxygen atoms in total. The first kappa shape index (κ1) is 25.6. The molecule has 1 heterocycles. The lowest BCUT2D eigenvalue weighted by molar-refractivity contribution is 0.224. The molecule has 0 amide bonds. The summed E-state index contributed by atoms with van der Waals surface area (Å²) in [6, 6.07) is 0.396. The number of nitrogens with one attached hydrogen (secondary N) is 1. The molecule has 0 aromatic carbocycles. The van der Waals surface area contributed by atoms with Gasteiger partial charge in [0.05, 0.1) is 5.54 Å². The molecule has 1 aromatic heterocycles. The summed E-state index contributed by atoms with van der Waals surface area (Å²) in [5.41, 5.74) is 4.94. The van der Waals surface area contributed by atoms with Gasteiger partial charge in [-0.15, -0.1) is 11.3 Å². The van der Waals surface area contributed by atoms with E-state index in [1.165, 1.54) is 22.4 Å². The number of aromatic nitrogens is 1. The molecule has 1 rings (SSSR count). The van der Waals surface area contributed by atoms with Gasteiger partial charge in [-0.25, -0.2) is 4.98 Å². The van der Waals surface area contributed by atoms with E-state index in [4.69, 9.17) is 0 Å². The number of rotatable bonds is 14. The van der Waals surface area contributed by atoms with E-state index >= 15 is 0 Å². The maximum absolute atomic E-state index is 4.59. The molecule has 1 N–H and O–H groups in total. The highest BCUT2D eigenvalue weighted by molar-refractivity contribution is 7.09. The van der Waals surface area contributed by atoms with Crippen LogP contribution in [0.3, 0.4) is 0 Å². The molecule has 0 aliphatic carbocycles. The van der Waals surface area contributed by atoms with Crippen LogP contribution in [0.2, 0.25) is 0 Å². The summed E-state index contributed by atoms with van der Waals surface area (Å²) in [6.07, 6.45) is 7.24. The Balaban J connectivity index is 3.37. The number of thiazole rings is 1. The molecule has 29 heavy (non-hydrogen) atoms. The molecule has 0 spiro atoms. The van der Waals surface area contributed by atoms with Crippen molar-refractivity contribution >= 4 is 11.3 Å². The van der Waals surface area contributed by atoms with Crippen LogP contribution in [-0.2, 0) is 5.54 Å². The second-order valence-corrected chi connectivity index (χ2v) is 9.39. The van der Waals surface area contributed by atoms with Crippen molar-refractivity contribution in [2.24, 2.45) is 0 Å². The third kappa shape index (κ3) is 7.42. The van der Waals surface area contributed by atoms with Crippen molar-refractivity contribution < 1.29 is 0 Å². The quantitative estimate of drug-likeness (QED) is 0.259. The van der Waals surface area contributed by atoms with Crippen LogP contribution in [0, 0.1) is 0 Å². The standard InChI is InChI=1S/C25H43N3S/c1-10-14-20(7)21(12-3)22(27-25(8,9)24-26-15-17-29-24)18-28(16-11-2)23(13-4)19(5)6/h15,17,23,27H,5,7,10-14,16,18H2,1-4,6,8-9H3/b22-21+. The van der Waals surface area contributed by atoms with Gasteiger partial charge in [0, 0.05) is 29.9 Å². The zero-order valence-electron chi connectivity index (χ0n) is 19.9. The van der Waals surface area contributed by atoms with E-state index < -0.39 is 0 Å². The van der Waals surface area contributed by atoms with Gasteiger partial charge in [0.25, 0.3) is 0 Å². The molecule has 0 radical (unpaired) electrons. The van der Waals surface area contributed by atoms with Gasteiger partial charge in [0.15, 0.2) is 0 Å². The lowest BCUT2D eigenvalue weighted by Crippen LogP contribution is -2.44. The van der Waals surface area contributed by atoms with Crippen molar-refractivity contribution in [2.45, 2.75) is 92.2 Å². The van der Waals surface area contributed by atoms with Crippen LogP contribution in [0.25, 0.3) is 0 Å². The Morgan fingerprint density at radius 2 is 1.90 bits per heavy atom. The van der Waals surface area contributed by atoms with E-state index in [1.807, 2.05) is 6.20 Å². The first-order chi connectivity index (χ1) is 13.7. The first-order valence-corrected chi connectivity index (χ1v) is 12.1. The Morgan fingerprint density at radius 1 is 1.21 bits per heavy atom.